The minimum Gasteiger partial charge on any atom is -0.339 e. The quantitative estimate of drug-likeness (QED) is 0.486. The van der Waals surface area contributed by atoms with Crippen LogP contribution in [0.3, 0.4) is 0 Å². The standard InChI is InChI=1S/C10H12O2/c1-8(10(11)12-2)9-6-4-3-5-7-9/h3-8H,1-2H3/p+1/t8-/m1/s1. The summed E-state index contributed by atoms with van der Waals surface area (Å²) in [4.78, 5) is 9.27. The van der Waals surface area contributed by atoms with Crippen LogP contribution in [-0.2, 0) is 4.74 Å². The van der Waals surface area contributed by atoms with Crippen molar-refractivity contribution >= 4 is 5.97 Å². The van der Waals surface area contributed by atoms with Crippen LogP contribution in [0.2, 0.25) is 0 Å². The first-order valence-corrected chi connectivity index (χ1v) is 3.90. The Bertz CT molecular complexity index is 254. The molecule has 1 rings (SSSR count). The molecule has 0 unspecified atom stereocenters. The van der Waals surface area contributed by atoms with Crippen molar-refractivity contribution < 1.29 is 9.53 Å². The molecule has 1 atom stereocenters. The molecule has 0 aliphatic heterocycles. The van der Waals surface area contributed by atoms with Crippen molar-refractivity contribution in [1.29, 1.82) is 0 Å². The summed E-state index contributed by atoms with van der Waals surface area (Å²) in [6.07, 6.45) is 0. The van der Waals surface area contributed by atoms with E-state index in [0.29, 0.717) is 0 Å². The van der Waals surface area contributed by atoms with Crippen molar-refractivity contribution in [3.8, 4) is 0 Å². The van der Waals surface area contributed by atoms with Gasteiger partial charge in [-0.25, -0.2) is 0 Å². The van der Waals surface area contributed by atoms with Gasteiger partial charge in [0.15, 0.2) is 7.11 Å². The van der Waals surface area contributed by atoms with Gasteiger partial charge in [-0.3, -0.25) is 0 Å². The smallest absolute Gasteiger partial charge is 0.339 e. The highest BCUT2D eigenvalue weighted by atomic mass is 16.5. The molecule has 0 bridgehead atoms. The molecule has 0 heterocycles. The van der Waals surface area contributed by atoms with Crippen LogP contribution < -0.4 is 0 Å². The van der Waals surface area contributed by atoms with Crippen LogP contribution in [-0.4, -0.2) is 17.9 Å². The molecule has 0 aromatic heterocycles. The molecule has 0 spiro atoms. The zero-order chi connectivity index (χ0) is 8.97. The van der Waals surface area contributed by atoms with Crippen LogP contribution in [0.25, 0.3) is 0 Å². The average molecular weight is 165 g/mol. The van der Waals surface area contributed by atoms with E-state index < -0.39 is 0 Å². The zero-order valence-corrected chi connectivity index (χ0v) is 7.32. The second kappa shape index (κ2) is 3.90. The van der Waals surface area contributed by atoms with E-state index in [0.717, 1.165) is 5.56 Å². The van der Waals surface area contributed by atoms with Gasteiger partial charge in [-0.05, 0) is 12.5 Å². The Kier molecular flexibility index (Phi) is 2.86. The molecule has 64 valence electrons. The summed E-state index contributed by atoms with van der Waals surface area (Å²) in [6.45, 7) is 1.90. The summed E-state index contributed by atoms with van der Waals surface area (Å²) in [6, 6.07) is 9.74. The molecule has 0 saturated heterocycles. The molecule has 0 aliphatic rings. The molecule has 1 aromatic rings. The van der Waals surface area contributed by atoms with Crippen LogP contribution in [0.15, 0.2) is 30.3 Å². The first kappa shape index (κ1) is 8.78. The Labute approximate surface area is 72.2 Å². The molecule has 0 radical (unpaired) electrons. The van der Waals surface area contributed by atoms with E-state index in [-0.39, 0.29) is 11.9 Å². The van der Waals surface area contributed by atoms with Crippen LogP contribution in [0.4, 0.5) is 0 Å². The molecule has 2 nitrogen and oxygen atoms in total. The molecule has 0 aliphatic carbocycles. The van der Waals surface area contributed by atoms with Crippen LogP contribution in [0, 0.1) is 0 Å². The second-order valence-electron chi connectivity index (χ2n) is 2.67. The Morgan fingerprint density at radius 1 is 1.33 bits per heavy atom. The average Bonchev–Trinajstić information content (AvgIpc) is 2.17. The Balaban J connectivity index is 2.78. The monoisotopic (exact) mass is 165 g/mol. The third-order valence-electron chi connectivity index (χ3n) is 1.88. The van der Waals surface area contributed by atoms with E-state index in [1.54, 1.807) is 0 Å². The molecule has 12 heavy (non-hydrogen) atoms. The van der Waals surface area contributed by atoms with Gasteiger partial charge in [-0.2, -0.15) is 0 Å². The zero-order valence-electron chi connectivity index (χ0n) is 7.32. The fraction of sp³-hybridized carbons (Fsp3) is 0.300. The van der Waals surface area contributed by atoms with Gasteiger partial charge in [0.1, 0.15) is 5.92 Å². The van der Waals surface area contributed by atoms with Crippen LogP contribution in [0.1, 0.15) is 18.4 Å². The summed E-state index contributed by atoms with van der Waals surface area (Å²) in [5.74, 6) is -0.00241. The molecule has 2 heteroatoms. The Hall–Kier alpha value is -1.31. The minimum atomic E-state index is -0.0591. The first-order chi connectivity index (χ1) is 5.75. The number of hydrogen-bond donors (Lipinski definition) is 0. The lowest BCUT2D eigenvalue weighted by Crippen LogP contribution is -2.10. The lowest BCUT2D eigenvalue weighted by atomic mass is 10.0. The molecule has 1 N–H and O–H groups in total. The SMILES string of the molecule is COC(=[OH+])[C@H](C)c1ccccc1. The number of rotatable bonds is 2. The topological polar surface area (TPSA) is 30.6 Å². The Morgan fingerprint density at radius 2 is 1.92 bits per heavy atom. The van der Waals surface area contributed by atoms with Crippen molar-refractivity contribution in [2.24, 2.45) is 0 Å². The van der Waals surface area contributed by atoms with E-state index in [1.807, 2.05) is 37.3 Å². The van der Waals surface area contributed by atoms with Crippen LogP contribution >= 0.6 is 0 Å². The summed E-state index contributed by atoms with van der Waals surface area (Å²) < 4.78 is 4.74. The van der Waals surface area contributed by atoms with Crippen molar-refractivity contribution in [2.45, 2.75) is 12.8 Å². The third kappa shape index (κ3) is 1.84. The van der Waals surface area contributed by atoms with Crippen LogP contribution in [0.5, 0.6) is 0 Å². The highest BCUT2D eigenvalue weighted by Gasteiger charge is 2.21. The van der Waals surface area contributed by atoms with E-state index in [9.17, 15) is 4.79 Å². The maximum Gasteiger partial charge on any atom is 0.489 e. The van der Waals surface area contributed by atoms with Crippen molar-refractivity contribution in [2.75, 3.05) is 7.11 Å². The maximum absolute atomic E-state index is 9.27. The normalized spacial score (nSPS) is 12.2. The number of hydrogen-bond acceptors (Lipinski definition) is 1. The Morgan fingerprint density at radius 3 is 2.42 bits per heavy atom. The third-order valence-corrected chi connectivity index (χ3v) is 1.88. The number of methoxy groups -OCH3 is 1. The maximum atomic E-state index is 9.27. The van der Waals surface area contributed by atoms with Gasteiger partial charge in [0.25, 0.3) is 0 Å². The van der Waals surface area contributed by atoms with Crippen molar-refractivity contribution in [3.05, 3.63) is 35.9 Å². The van der Waals surface area contributed by atoms with Crippen molar-refractivity contribution in [1.82, 2.24) is 0 Å². The highest BCUT2D eigenvalue weighted by molar-refractivity contribution is 5.78. The lowest BCUT2D eigenvalue weighted by molar-refractivity contribution is 0.334. The van der Waals surface area contributed by atoms with Crippen molar-refractivity contribution in [3.63, 3.8) is 0 Å². The van der Waals surface area contributed by atoms with E-state index in [2.05, 4.69) is 0 Å². The van der Waals surface area contributed by atoms with Gasteiger partial charge in [0.2, 0.25) is 0 Å². The van der Waals surface area contributed by atoms with Gasteiger partial charge >= 0.3 is 5.97 Å². The molecular formula is C10H13O2+. The second-order valence-corrected chi connectivity index (χ2v) is 2.67. The van der Waals surface area contributed by atoms with Gasteiger partial charge in [-0.15, -0.1) is 0 Å². The number of ether oxygens (including phenoxy) is 1. The highest BCUT2D eigenvalue weighted by Crippen LogP contribution is 2.14. The largest absolute Gasteiger partial charge is 0.489 e. The first-order valence-electron chi connectivity index (χ1n) is 3.90. The fourth-order valence-corrected chi connectivity index (χ4v) is 1.06. The minimum absolute atomic E-state index is 0.0567. The molecule has 0 fully saturated rings. The summed E-state index contributed by atoms with van der Waals surface area (Å²) in [7, 11) is 1.47. The summed E-state index contributed by atoms with van der Waals surface area (Å²) in [5, 5.41) is 0. The summed E-state index contributed by atoms with van der Waals surface area (Å²) in [5.41, 5.74) is 1.05. The van der Waals surface area contributed by atoms with Gasteiger partial charge in [0, 0.05) is 0 Å². The van der Waals surface area contributed by atoms with Gasteiger partial charge < -0.3 is 9.53 Å². The number of esters is 1. The number of benzene rings is 1. The molecule has 0 amide bonds. The van der Waals surface area contributed by atoms with E-state index >= 15 is 0 Å². The molecular weight excluding hydrogens is 152 g/mol. The summed E-state index contributed by atoms with van der Waals surface area (Å²) >= 11 is 0. The predicted molar refractivity (Wildman–Crippen MR) is 48.8 cm³/mol. The van der Waals surface area contributed by atoms with Gasteiger partial charge in [-0.1, -0.05) is 30.3 Å². The number of carbonyl (C=O) groups excluding carboxylic acids is 1. The fourth-order valence-electron chi connectivity index (χ4n) is 1.06. The lowest BCUT2D eigenvalue weighted by Gasteiger charge is -2.02. The van der Waals surface area contributed by atoms with Gasteiger partial charge in [0.05, 0.1) is 0 Å². The molecule has 0 saturated carbocycles. The van der Waals surface area contributed by atoms with E-state index in [1.165, 1.54) is 7.11 Å². The molecule has 1 aromatic carbocycles. The predicted octanol–water partition coefficient (Wildman–Crippen LogP) is 1.94. The van der Waals surface area contributed by atoms with E-state index in [4.69, 9.17) is 4.74 Å².